The molecule has 0 radical (unpaired) electrons. The number of carbonyl (C=O) groups is 2. The van der Waals surface area contributed by atoms with E-state index in [1.54, 1.807) is 24.3 Å². The lowest BCUT2D eigenvalue weighted by atomic mass is 9.90. The van der Waals surface area contributed by atoms with Gasteiger partial charge in [-0.3, -0.25) is 14.4 Å². The first-order valence-electron chi connectivity index (χ1n) is 18.7. The maximum atomic E-state index is 12.5. The van der Waals surface area contributed by atoms with Gasteiger partial charge in [-0.05, 0) is 60.6 Å². The van der Waals surface area contributed by atoms with Crippen molar-refractivity contribution in [1.29, 1.82) is 0 Å². The second kappa shape index (κ2) is 21.8. The Kier molecular flexibility index (Phi) is 16.9. The van der Waals surface area contributed by atoms with Crippen LogP contribution in [0.25, 0.3) is 33.4 Å². The number of esters is 1. The number of fused-ring (bicyclic) bond motifs is 2. The molecular weight excluding hydrogens is 681 g/mol. The number of rotatable bonds is 23. The number of carboxylic acid groups (broad SMARTS) is 1. The minimum Gasteiger partial charge on any atom is -0.508 e. The fourth-order valence-corrected chi connectivity index (χ4v) is 6.53. The molecule has 0 fully saturated rings. The molecule has 1 aliphatic carbocycles. The highest BCUT2D eigenvalue weighted by molar-refractivity contribution is 7.80. The van der Waals surface area contributed by atoms with Gasteiger partial charge in [-0.1, -0.05) is 103 Å². The monoisotopic (exact) mass is 732 g/mol. The number of carbonyl (C=O) groups excluding carboxylic acids is 1. The minimum absolute atomic E-state index is 0.0252. The first-order valence-corrected chi connectivity index (χ1v) is 19.1. The van der Waals surface area contributed by atoms with E-state index in [9.17, 15) is 24.6 Å². The average molecular weight is 733 g/mol. The van der Waals surface area contributed by atoms with Crippen molar-refractivity contribution in [3.8, 4) is 28.2 Å². The maximum Gasteiger partial charge on any atom is 0.336 e. The quantitative estimate of drug-likeness (QED) is 0.0190. The van der Waals surface area contributed by atoms with Crippen molar-refractivity contribution in [2.75, 3.05) is 18.5 Å². The van der Waals surface area contributed by atoms with Gasteiger partial charge in [-0.15, -0.1) is 0 Å². The molecule has 0 amide bonds. The van der Waals surface area contributed by atoms with Gasteiger partial charge in [0.15, 0.2) is 10.5 Å². The van der Waals surface area contributed by atoms with Gasteiger partial charge < -0.3 is 24.7 Å². The Morgan fingerprint density at radius 2 is 1.40 bits per heavy atom. The van der Waals surface area contributed by atoms with Crippen LogP contribution in [0.1, 0.15) is 120 Å². The summed E-state index contributed by atoms with van der Waals surface area (Å²) in [6.07, 6.45) is 19.5. The molecule has 2 aromatic rings. The van der Waals surface area contributed by atoms with Crippen molar-refractivity contribution in [2.24, 2.45) is 0 Å². The second-order valence-corrected chi connectivity index (χ2v) is 13.6. The van der Waals surface area contributed by atoms with Gasteiger partial charge >= 0.3 is 11.9 Å². The van der Waals surface area contributed by atoms with E-state index in [0.717, 1.165) is 19.3 Å². The number of aromatic carboxylic acids is 1. The molecule has 52 heavy (non-hydrogen) atoms. The van der Waals surface area contributed by atoms with Crippen LogP contribution in [0.5, 0.6) is 5.75 Å². The normalized spacial score (nSPS) is 11.2. The summed E-state index contributed by atoms with van der Waals surface area (Å²) in [4.78, 5) is 41.9. The van der Waals surface area contributed by atoms with E-state index in [4.69, 9.17) is 26.2 Å². The predicted molar refractivity (Wildman–Crippen MR) is 209 cm³/mol. The van der Waals surface area contributed by atoms with E-state index in [-0.39, 0.29) is 46.8 Å². The zero-order valence-electron chi connectivity index (χ0n) is 30.2. The number of anilines is 1. The van der Waals surface area contributed by atoms with Crippen LogP contribution in [-0.2, 0) is 14.4 Å². The Bertz CT molecular complexity index is 1790. The van der Waals surface area contributed by atoms with E-state index in [1.165, 1.54) is 107 Å². The summed E-state index contributed by atoms with van der Waals surface area (Å²) in [5.74, 6) is -1.20. The number of nitrogens with one attached hydrogen (secondary N) is 2. The molecule has 0 bridgehead atoms. The van der Waals surface area contributed by atoms with Crippen LogP contribution in [0.15, 0.2) is 63.8 Å². The molecule has 1 aliphatic heterocycles. The molecule has 10 nitrogen and oxygen atoms in total. The average Bonchev–Trinajstić information content (AvgIpc) is 3.12. The maximum absolute atomic E-state index is 12.5. The van der Waals surface area contributed by atoms with Gasteiger partial charge in [-0.25, -0.2) is 10.3 Å². The highest BCUT2D eigenvalue weighted by Crippen LogP contribution is 2.42. The zero-order valence-corrected chi connectivity index (χ0v) is 31.0. The Morgan fingerprint density at radius 3 is 2.06 bits per heavy atom. The molecule has 0 unspecified atom stereocenters. The SMILES string of the molecule is CCCCCCCCCCCCCCCCCC(=O)OCCONC(=S)Nc1ccc(-c2c3ccc(=O)cc-3oc3cc(O)ccc23)c(C(=O)O)c1. The van der Waals surface area contributed by atoms with E-state index in [1.807, 2.05) is 0 Å². The topological polar surface area (TPSA) is 147 Å². The molecule has 1 heterocycles. The molecule has 0 aromatic heterocycles. The summed E-state index contributed by atoms with van der Waals surface area (Å²) in [7, 11) is 0. The van der Waals surface area contributed by atoms with Crippen molar-refractivity contribution in [1.82, 2.24) is 5.48 Å². The van der Waals surface area contributed by atoms with Crippen LogP contribution in [0, 0.1) is 0 Å². The van der Waals surface area contributed by atoms with Crippen molar-refractivity contribution < 1.29 is 33.8 Å². The molecular formula is C41H52N2O8S. The van der Waals surface area contributed by atoms with E-state index >= 15 is 0 Å². The van der Waals surface area contributed by atoms with Crippen LogP contribution in [-0.4, -0.2) is 40.5 Å². The van der Waals surface area contributed by atoms with Gasteiger partial charge in [0.1, 0.15) is 30.3 Å². The number of thiocarbonyl (C=S) groups is 1. The molecule has 0 saturated carbocycles. The highest BCUT2D eigenvalue weighted by Gasteiger charge is 2.22. The Hall–Kier alpha value is -4.48. The van der Waals surface area contributed by atoms with Crippen molar-refractivity contribution in [3.63, 3.8) is 0 Å². The summed E-state index contributed by atoms with van der Waals surface area (Å²) in [5.41, 5.74) is 4.44. The first-order chi connectivity index (χ1) is 25.3. The number of ether oxygens (including phenoxy) is 1. The van der Waals surface area contributed by atoms with Crippen LogP contribution < -0.4 is 16.2 Å². The number of hydroxylamine groups is 1. The summed E-state index contributed by atoms with van der Waals surface area (Å²) < 4.78 is 11.1. The number of hydrogen-bond acceptors (Lipinski definition) is 8. The molecule has 0 spiro atoms. The molecule has 4 N–H and O–H groups in total. The van der Waals surface area contributed by atoms with E-state index in [0.29, 0.717) is 39.8 Å². The van der Waals surface area contributed by atoms with Crippen LogP contribution >= 0.6 is 12.2 Å². The molecule has 280 valence electrons. The summed E-state index contributed by atoms with van der Waals surface area (Å²) in [6.45, 7) is 2.40. The molecule has 0 saturated heterocycles. The van der Waals surface area contributed by atoms with Gasteiger partial charge in [-0.2, -0.15) is 0 Å². The third-order valence-electron chi connectivity index (χ3n) is 9.05. The molecule has 11 heteroatoms. The third kappa shape index (κ3) is 12.9. The lowest BCUT2D eigenvalue weighted by Crippen LogP contribution is -2.30. The van der Waals surface area contributed by atoms with Crippen LogP contribution in [0.4, 0.5) is 5.69 Å². The van der Waals surface area contributed by atoms with Crippen LogP contribution in [0.3, 0.4) is 0 Å². The smallest absolute Gasteiger partial charge is 0.336 e. The van der Waals surface area contributed by atoms with Crippen molar-refractivity contribution in [2.45, 2.75) is 110 Å². The van der Waals surface area contributed by atoms with Gasteiger partial charge in [0.05, 0.1) is 5.56 Å². The number of hydrogen-bond donors (Lipinski definition) is 4. The Labute approximate surface area is 311 Å². The highest BCUT2D eigenvalue weighted by atomic mass is 32.1. The fourth-order valence-electron chi connectivity index (χ4n) is 6.35. The standard InChI is InChI=1S/C41H52N2O8S/c1-2-3-4-5-6-7-8-9-10-11-12-13-14-15-16-17-38(46)49-24-25-50-43-41(52)42-29-18-21-32(35(26-29)40(47)48)39-33-22-19-30(44)27-36(33)51-37-28-31(45)20-23-34(37)39/h18-23,26-28,44H,2-17,24-25H2,1H3,(H,47,48)(H2,42,43,52). The third-order valence-corrected chi connectivity index (χ3v) is 9.24. The van der Waals surface area contributed by atoms with Crippen molar-refractivity contribution in [3.05, 3.63) is 70.4 Å². The minimum atomic E-state index is -1.18. The molecule has 2 aromatic carbocycles. The summed E-state index contributed by atoms with van der Waals surface area (Å²) in [6, 6.07) is 13.6. The second-order valence-electron chi connectivity index (χ2n) is 13.2. The van der Waals surface area contributed by atoms with E-state index in [2.05, 4.69) is 17.7 Å². The van der Waals surface area contributed by atoms with E-state index < -0.39 is 5.97 Å². The number of unbranched alkanes of at least 4 members (excludes halogenated alkanes) is 14. The Morgan fingerprint density at radius 1 is 0.769 bits per heavy atom. The number of phenols is 1. The lowest BCUT2D eigenvalue weighted by Gasteiger charge is -2.18. The van der Waals surface area contributed by atoms with Crippen LogP contribution in [0.2, 0.25) is 0 Å². The Balaban J connectivity index is 1.14. The first kappa shape index (κ1) is 40.3. The number of aromatic hydroxyl groups is 1. The number of phenolic OH excluding ortho intramolecular Hbond substituents is 1. The number of carboxylic acids is 1. The molecule has 2 aliphatic rings. The molecule has 4 rings (SSSR count). The summed E-state index contributed by atoms with van der Waals surface area (Å²) >= 11 is 5.30. The predicted octanol–water partition coefficient (Wildman–Crippen LogP) is 9.99. The largest absolute Gasteiger partial charge is 0.508 e. The molecule has 0 atom stereocenters. The van der Waals surface area contributed by atoms with Gasteiger partial charge in [0.25, 0.3) is 0 Å². The fraction of sp³-hybridized carbons (Fsp3) is 0.463. The van der Waals surface area contributed by atoms with Crippen molar-refractivity contribution >= 4 is 45.9 Å². The summed E-state index contributed by atoms with van der Waals surface area (Å²) in [5, 5.41) is 23.8. The zero-order chi connectivity index (χ0) is 37.1. The lowest BCUT2D eigenvalue weighted by molar-refractivity contribution is -0.145. The number of benzene rings is 3. The van der Waals surface area contributed by atoms with Gasteiger partial charge in [0.2, 0.25) is 0 Å². The van der Waals surface area contributed by atoms with Gasteiger partial charge in [0, 0.05) is 40.8 Å².